The molecule has 3 aromatic carbocycles. The molecule has 0 radical (unpaired) electrons. The topological polar surface area (TPSA) is 114 Å². The first-order valence-corrected chi connectivity index (χ1v) is 22.4. The van der Waals surface area contributed by atoms with Crippen molar-refractivity contribution in [3.8, 4) is 0 Å². The van der Waals surface area contributed by atoms with Crippen molar-refractivity contribution in [3.63, 3.8) is 0 Å². The quantitative estimate of drug-likeness (QED) is 0.217. The molecule has 0 saturated carbocycles. The van der Waals surface area contributed by atoms with E-state index >= 15 is 0 Å². The lowest BCUT2D eigenvalue weighted by atomic mass is 10.1. The molecule has 3 amide bonds. The molecule has 0 N–H and O–H groups in total. The SMILES string of the molecule is CN(C)C(=O)C1=CCS(=O)(=O)C1CCN(Cc1ccccc1)C(=O)C1=CN(C(=O)OC(C)(C)C)[C@H](CO[Si](c2ccccc2)(c2ccccc2)C(C)(C)C)C1. The number of benzene rings is 3. The van der Waals surface area contributed by atoms with Crippen LogP contribution in [0.15, 0.2) is 114 Å². The van der Waals surface area contributed by atoms with Crippen molar-refractivity contribution in [2.75, 3.05) is 33.0 Å². The highest BCUT2D eigenvalue weighted by molar-refractivity contribution is 7.92. The molecule has 0 spiro atoms. The second-order valence-corrected chi connectivity index (χ2v) is 23.1. The minimum atomic E-state index is -3.63. The lowest BCUT2D eigenvalue weighted by molar-refractivity contribution is -0.128. The number of carbonyl (C=O) groups is 3. The van der Waals surface area contributed by atoms with Gasteiger partial charge in [-0.1, -0.05) is 118 Å². The van der Waals surface area contributed by atoms with Crippen molar-refractivity contribution in [1.29, 1.82) is 0 Å². The molecule has 0 aliphatic carbocycles. The van der Waals surface area contributed by atoms with Crippen LogP contribution in [0, 0.1) is 0 Å². The summed E-state index contributed by atoms with van der Waals surface area (Å²) in [7, 11) is -3.45. The fraction of sp³-hybridized carbons (Fsp3) is 0.419. The number of sulfone groups is 1. The Kier molecular flexibility index (Phi) is 12.6. The summed E-state index contributed by atoms with van der Waals surface area (Å²) in [6, 6.07) is 29.4. The maximum Gasteiger partial charge on any atom is 0.414 e. The number of ether oxygens (including phenoxy) is 1. The number of hydrogen-bond donors (Lipinski definition) is 0. The first-order valence-electron chi connectivity index (χ1n) is 18.8. The molecule has 10 nitrogen and oxygen atoms in total. The molecule has 3 aromatic rings. The molecule has 2 aliphatic rings. The van der Waals surface area contributed by atoms with Gasteiger partial charge in [-0.2, -0.15) is 0 Å². The van der Waals surface area contributed by atoms with E-state index in [9.17, 15) is 22.8 Å². The van der Waals surface area contributed by atoms with Crippen LogP contribution in [0.3, 0.4) is 0 Å². The summed E-state index contributed by atoms with van der Waals surface area (Å²) in [4.78, 5) is 46.0. The maximum atomic E-state index is 14.6. The van der Waals surface area contributed by atoms with E-state index in [0.717, 1.165) is 15.9 Å². The predicted molar refractivity (Wildman–Crippen MR) is 219 cm³/mol. The van der Waals surface area contributed by atoms with Gasteiger partial charge in [-0.25, -0.2) is 13.2 Å². The zero-order chi connectivity index (χ0) is 40.2. The fourth-order valence-corrected chi connectivity index (χ4v) is 13.7. The first kappa shape index (κ1) is 41.6. The second-order valence-electron chi connectivity index (χ2n) is 16.6. The summed E-state index contributed by atoms with van der Waals surface area (Å²) in [6.07, 6.45) is 2.72. The fourth-order valence-electron chi connectivity index (χ4n) is 7.46. The smallest absolute Gasteiger partial charge is 0.414 e. The molecule has 2 heterocycles. The number of rotatable bonds is 12. The van der Waals surface area contributed by atoms with Crippen molar-refractivity contribution in [1.82, 2.24) is 14.7 Å². The number of carbonyl (C=O) groups excluding carboxylic acids is 3. The van der Waals surface area contributed by atoms with E-state index < -0.39 is 41.1 Å². The molecule has 0 saturated heterocycles. The molecule has 55 heavy (non-hydrogen) atoms. The maximum absolute atomic E-state index is 14.6. The number of likely N-dealkylation sites (N-methyl/N-ethyl adjacent to an activating group) is 1. The number of hydrogen-bond acceptors (Lipinski definition) is 7. The third kappa shape index (κ3) is 9.48. The van der Waals surface area contributed by atoms with Crippen molar-refractivity contribution >= 4 is 46.4 Å². The molecule has 12 heteroatoms. The molecule has 0 aromatic heterocycles. The van der Waals surface area contributed by atoms with Crippen LogP contribution >= 0.6 is 0 Å². The highest BCUT2D eigenvalue weighted by Crippen LogP contribution is 2.38. The molecule has 1 unspecified atom stereocenters. The Hall–Kier alpha value is -4.52. The van der Waals surface area contributed by atoms with Crippen molar-refractivity contribution in [2.24, 2.45) is 0 Å². The van der Waals surface area contributed by atoms with Gasteiger partial charge in [0.2, 0.25) is 5.91 Å². The molecule has 0 fully saturated rings. The van der Waals surface area contributed by atoms with Gasteiger partial charge in [0.15, 0.2) is 9.84 Å². The van der Waals surface area contributed by atoms with Crippen LogP contribution in [-0.2, 0) is 35.1 Å². The summed E-state index contributed by atoms with van der Waals surface area (Å²) in [5.74, 6) is -0.908. The second kappa shape index (κ2) is 16.7. The molecule has 0 bridgehead atoms. The first-order chi connectivity index (χ1) is 25.8. The van der Waals surface area contributed by atoms with Gasteiger partial charge in [-0.05, 0) is 48.2 Å². The Bertz CT molecular complexity index is 1970. The van der Waals surface area contributed by atoms with Gasteiger partial charge in [0.25, 0.3) is 14.2 Å². The molecule has 294 valence electrons. The Morgan fingerprint density at radius 2 is 1.36 bits per heavy atom. The van der Waals surface area contributed by atoms with Gasteiger partial charge in [0.05, 0.1) is 23.7 Å². The van der Waals surface area contributed by atoms with E-state index in [1.54, 1.807) is 46.0 Å². The third-order valence-electron chi connectivity index (χ3n) is 10.1. The molecule has 2 atom stereocenters. The molecular formula is C43H55N3O7SSi. The molecule has 2 aliphatic heterocycles. The van der Waals surface area contributed by atoms with Crippen LogP contribution < -0.4 is 10.4 Å². The van der Waals surface area contributed by atoms with Gasteiger partial charge in [0, 0.05) is 51.0 Å². The van der Waals surface area contributed by atoms with E-state index in [1.165, 1.54) is 15.9 Å². The van der Waals surface area contributed by atoms with Crippen LogP contribution in [0.1, 0.15) is 59.9 Å². The van der Waals surface area contributed by atoms with Crippen molar-refractivity contribution in [2.45, 2.75) is 82.9 Å². The molecule has 5 rings (SSSR count). The molecular weight excluding hydrogens is 731 g/mol. The van der Waals surface area contributed by atoms with E-state index in [4.69, 9.17) is 9.16 Å². The van der Waals surface area contributed by atoms with Gasteiger partial charge < -0.3 is 19.0 Å². The standard InChI is InChI=1S/C43H55N3O7SSi/c1-42(2,3)53-41(49)46-30-33(28-34(46)31-52-55(43(4,5)6,35-20-14-10-15-21-35)36-22-16-11-17-23-36)39(47)45(29-32-18-12-9-13-19-32)26-24-38-37(40(48)44(7)8)25-27-54(38,50)51/h9-23,25,30,34,38H,24,26-29,31H2,1-8H3/t34-,38?/m0/s1. The summed E-state index contributed by atoms with van der Waals surface area (Å²) in [6.45, 7) is 12.4. The Balaban J connectivity index is 1.48. The zero-order valence-electron chi connectivity index (χ0n) is 33.3. The van der Waals surface area contributed by atoms with E-state index in [0.29, 0.717) is 5.57 Å². The Labute approximate surface area is 327 Å². The Morgan fingerprint density at radius 1 is 0.818 bits per heavy atom. The van der Waals surface area contributed by atoms with Gasteiger partial charge in [-0.15, -0.1) is 0 Å². The lowest BCUT2D eigenvalue weighted by Crippen LogP contribution is -2.67. The van der Waals surface area contributed by atoms with Gasteiger partial charge in [-0.3, -0.25) is 14.5 Å². The van der Waals surface area contributed by atoms with Crippen LogP contribution in [-0.4, -0.2) is 99.2 Å². The highest BCUT2D eigenvalue weighted by Gasteiger charge is 2.51. The van der Waals surface area contributed by atoms with E-state index in [2.05, 4.69) is 45.0 Å². The summed E-state index contributed by atoms with van der Waals surface area (Å²) in [5.41, 5.74) is 0.683. The minimum absolute atomic E-state index is 0.0514. The van der Waals surface area contributed by atoms with E-state index in [-0.39, 0.29) is 60.7 Å². The average Bonchev–Trinajstić information content (AvgIpc) is 3.69. The third-order valence-corrected chi connectivity index (χ3v) is 17.1. The number of amides is 3. The van der Waals surface area contributed by atoms with Crippen molar-refractivity contribution in [3.05, 3.63) is 120 Å². The van der Waals surface area contributed by atoms with Crippen LogP contribution in [0.5, 0.6) is 0 Å². The summed E-state index contributed by atoms with van der Waals surface area (Å²) in [5, 5.41) is 0.844. The monoisotopic (exact) mass is 785 g/mol. The van der Waals surface area contributed by atoms with Crippen LogP contribution in [0.25, 0.3) is 0 Å². The predicted octanol–water partition coefficient (Wildman–Crippen LogP) is 5.69. The van der Waals surface area contributed by atoms with Gasteiger partial charge in [0.1, 0.15) is 5.60 Å². The normalized spacial score (nSPS) is 18.4. The zero-order valence-corrected chi connectivity index (χ0v) is 35.1. The highest BCUT2D eigenvalue weighted by atomic mass is 32.2. The summed E-state index contributed by atoms with van der Waals surface area (Å²) >= 11 is 0. The van der Waals surface area contributed by atoms with Crippen molar-refractivity contribution < 1.29 is 32.0 Å². The average molecular weight is 786 g/mol. The summed E-state index contributed by atoms with van der Waals surface area (Å²) < 4.78 is 39.5. The van der Waals surface area contributed by atoms with Crippen LogP contribution in [0.4, 0.5) is 4.79 Å². The number of nitrogens with zero attached hydrogens (tertiary/aromatic N) is 3. The van der Waals surface area contributed by atoms with Crippen LogP contribution in [0.2, 0.25) is 5.04 Å². The minimum Gasteiger partial charge on any atom is -0.443 e. The lowest BCUT2D eigenvalue weighted by Gasteiger charge is -2.44. The largest absolute Gasteiger partial charge is 0.443 e. The van der Waals surface area contributed by atoms with Gasteiger partial charge >= 0.3 is 6.09 Å². The van der Waals surface area contributed by atoms with E-state index in [1.807, 2.05) is 66.7 Å². The Morgan fingerprint density at radius 3 is 1.87 bits per heavy atom.